The molecule has 1 N–H and O–H groups in total. The molecule has 1 aromatic carbocycles. The van der Waals surface area contributed by atoms with Crippen molar-refractivity contribution in [2.45, 2.75) is 70.0 Å². The zero-order valence-electron chi connectivity index (χ0n) is 16.6. The van der Waals surface area contributed by atoms with Crippen molar-refractivity contribution in [2.75, 3.05) is 0 Å². The number of nitrogens with one attached hydrogen (secondary N) is 1. The van der Waals surface area contributed by atoms with Gasteiger partial charge in [-0.1, -0.05) is 44.0 Å². The van der Waals surface area contributed by atoms with E-state index in [1.54, 1.807) is 11.3 Å². The average Bonchev–Trinajstić information content (AvgIpc) is 3.41. The number of hydrogen-bond acceptors (Lipinski definition) is 3. The molecule has 1 aromatic heterocycles. The van der Waals surface area contributed by atoms with Crippen molar-refractivity contribution in [1.82, 2.24) is 10.2 Å². The first-order valence-corrected chi connectivity index (χ1v) is 11.2. The third-order valence-electron chi connectivity index (χ3n) is 6.21. The number of rotatable bonds is 5. The quantitative estimate of drug-likeness (QED) is 0.782. The minimum Gasteiger partial charge on any atom is -0.353 e. The summed E-state index contributed by atoms with van der Waals surface area (Å²) in [5, 5.41) is 5.22. The van der Waals surface area contributed by atoms with Gasteiger partial charge in [0.1, 0.15) is 0 Å². The molecule has 0 bridgehead atoms. The van der Waals surface area contributed by atoms with Gasteiger partial charge in [0.15, 0.2) is 0 Å². The summed E-state index contributed by atoms with van der Waals surface area (Å²) < 4.78 is 0. The Bertz CT molecular complexity index is 842. The highest BCUT2D eigenvalue weighted by atomic mass is 32.1. The van der Waals surface area contributed by atoms with E-state index in [0.29, 0.717) is 5.56 Å². The van der Waals surface area contributed by atoms with E-state index in [1.165, 1.54) is 0 Å². The number of hydrogen-bond donors (Lipinski definition) is 1. The fourth-order valence-corrected chi connectivity index (χ4v) is 5.48. The molecule has 1 saturated carbocycles. The Balaban J connectivity index is 1.84. The van der Waals surface area contributed by atoms with Crippen LogP contribution in [-0.2, 0) is 4.79 Å². The van der Waals surface area contributed by atoms with Gasteiger partial charge >= 0.3 is 0 Å². The van der Waals surface area contributed by atoms with Crippen LogP contribution in [0.3, 0.4) is 0 Å². The van der Waals surface area contributed by atoms with Crippen LogP contribution in [0.2, 0.25) is 0 Å². The molecular formula is C23H28N2O2S. The van der Waals surface area contributed by atoms with Crippen molar-refractivity contribution in [3.8, 4) is 0 Å². The lowest BCUT2D eigenvalue weighted by Gasteiger charge is -2.44. The van der Waals surface area contributed by atoms with Gasteiger partial charge in [-0.2, -0.15) is 0 Å². The van der Waals surface area contributed by atoms with E-state index in [4.69, 9.17) is 0 Å². The first kappa shape index (κ1) is 19.2. The molecule has 28 heavy (non-hydrogen) atoms. The number of carbonyl (C=O) groups is 2. The van der Waals surface area contributed by atoms with E-state index in [9.17, 15) is 9.59 Å². The van der Waals surface area contributed by atoms with Crippen LogP contribution >= 0.6 is 11.3 Å². The third kappa shape index (κ3) is 3.37. The van der Waals surface area contributed by atoms with E-state index in [-0.39, 0.29) is 35.9 Å². The first-order chi connectivity index (χ1) is 13.6. The predicted octanol–water partition coefficient (Wildman–Crippen LogP) is 4.89. The van der Waals surface area contributed by atoms with Gasteiger partial charge < -0.3 is 10.2 Å². The van der Waals surface area contributed by atoms with Crippen LogP contribution in [0.1, 0.15) is 78.7 Å². The van der Waals surface area contributed by atoms with Gasteiger partial charge in [0.25, 0.3) is 5.91 Å². The van der Waals surface area contributed by atoms with Crippen LogP contribution in [0.5, 0.6) is 0 Å². The Morgan fingerprint density at radius 1 is 1.21 bits per heavy atom. The molecule has 0 radical (unpaired) electrons. The lowest BCUT2D eigenvalue weighted by molar-refractivity contribution is -0.125. The fraction of sp³-hybridized carbons (Fsp3) is 0.478. The van der Waals surface area contributed by atoms with Crippen molar-refractivity contribution in [2.24, 2.45) is 0 Å². The van der Waals surface area contributed by atoms with Gasteiger partial charge in [-0.3, -0.25) is 9.59 Å². The summed E-state index contributed by atoms with van der Waals surface area (Å²) in [7, 11) is 0. The van der Waals surface area contributed by atoms with Gasteiger partial charge in [-0.05, 0) is 49.3 Å². The minimum absolute atomic E-state index is 0.0238. The third-order valence-corrected chi connectivity index (χ3v) is 7.16. The maximum Gasteiger partial charge on any atom is 0.254 e. The Hall–Kier alpha value is -2.14. The summed E-state index contributed by atoms with van der Waals surface area (Å²) in [6, 6.07) is 11.9. The molecule has 2 aliphatic rings. The minimum atomic E-state index is -0.373. The largest absolute Gasteiger partial charge is 0.353 e. The molecule has 1 aliphatic carbocycles. The molecule has 1 aliphatic heterocycles. The second kappa shape index (κ2) is 8.08. The SMILES string of the molecule is CC[C@H](C)NC(=O)[C@H]1c2ccccc2C(=O)N(C2CCCC2)[C@@H]1c1cccs1. The van der Waals surface area contributed by atoms with Gasteiger partial charge in [0.05, 0.1) is 12.0 Å². The van der Waals surface area contributed by atoms with Crippen LogP contribution < -0.4 is 5.32 Å². The Morgan fingerprint density at radius 3 is 2.64 bits per heavy atom. The predicted molar refractivity (Wildman–Crippen MR) is 113 cm³/mol. The molecule has 4 nitrogen and oxygen atoms in total. The molecule has 1 fully saturated rings. The lowest BCUT2D eigenvalue weighted by Crippen LogP contribution is -2.51. The number of benzene rings is 1. The van der Waals surface area contributed by atoms with E-state index in [2.05, 4.69) is 18.3 Å². The van der Waals surface area contributed by atoms with E-state index >= 15 is 0 Å². The molecule has 2 heterocycles. The number of carbonyl (C=O) groups excluding carboxylic acids is 2. The molecule has 3 atom stereocenters. The van der Waals surface area contributed by atoms with Gasteiger partial charge in [0.2, 0.25) is 5.91 Å². The second-order valence-electron chi connectivity index (χ2n) is 7.99. The van der Waals surface area contributed by atoms with Crippen LogP contribution in [0, 0.1) is 0 Å². The normalized spacial score (nSPS) is 23.5. The summed E-state index contributed by atoms with van der Waals surface area (Å²) in [6.45, 7) is 4.11. The maximum atomic E-state index is 13.6. The molecule has 0 unspecified atom stereocenters. The van der Waals surface area contributed by atoms with E-state index in [1.807, 2.05) is 47.5 Å². The standard InChI is InChI=1S/C23H28N2O2S/c1-3-15(2)24-22(26)20-17-11-6-7-12-18(17)23(27)25(16-9-4-5-10-16)21(20)19-13-8-14-28-19/h6-8,11-16,20-21H,3-5,9-10H2,1-2H3,(H,24,26)/t15-,20-,21+/m0/s1. The summed E-state index contributed by atoms with van der Waals surface area (Å²) >= 11 is 1.64. The Morgan fingerprint density at radius 2 is 1.96 bits per heavy atom. The topological polar surface area (TPSA) is 49.4 Å². The zero-order valence-corrected chi connectivity index (χ0v) is 17.4. The van der Waals surface area contributed by atoms with Crippen LogP contribution in [0.4, 0.5) is 0 Å². The number of amides is 2. The zero-order chi connectivity index (χ0) is 19.7. The maximum absolute atomic E-state index is 13.6. The Labute approximate surface area is 170 Å². The summed E-state index contributed by atoms with van der Waals surface area (Å²) in [4.78, 5) is 30.2. The summed E-state index contributed by atoms with van der Waals surface area (Å²) in [5.74, 6) is -0.272. The lowest BCUT2D eigenvalue weighted by atomic mass is 9.80. The number of thiophene rings is 1. The van der Waals surface area contributed by atoms with Crippen molar-refractivity contribution in [3.63, 3.8) is 0 Å². The highest BCUT2D eigenvalue weighted by molar-refractivity contribution is 7.10. The molecule has 4 rings (SSSR count). The monoisotopic (exact) mass is 396 g/mol. The molecule has 2 amide bonds. The van der Waals surface area contributed by atoms with Crippen LogP contribution in [-0.4, -0.2) is 28.8 Å². The second-order valence-corrected chi connectivity index (χ2v) is 8.97. The van der Waals surface area contributed by atoms with Crippen LogP contribution in [0.25, 0.3) is 0 Å². The van der Waals surface area contributed by atoms with Crippen molar-refractivity contribution in [1.29, 1.82) is 0 Å². The van der Waals surface area contributed by atoms with Crippen molar-refractivity contribution < 1.29 is 9.59 Å². The summed E-state index contributed by atoms with van der Waals surface area (Å²) in [5.41, 5.74) is 1.55. The highest BCUT2D eigenvalue weighted by Crippen LogP contribution is 2.47. The average molecular weight is 397 g/mol. The first-order valence-electron chi connectivity index (χ1n) is 10.4. The number of fused-ring (bicyclic) bond motifs is 1. The van der Waals surface area contributed by atoms with E-state index < -0.39 is 0 Å². The molecule has 2 aromatic rings. The smallest absolute Gasteiger partial charge is 0.254 e. The van der Waals surface area contributed by atoms with E-state index in [0.717, 1.165) is 42.5 Å². The molecular weight excluding hydrogens is 368 g/mol. The molecule has 0 spiro atoms. The Kier molecular flexibility index (Phi) is 5.54. The van der Waals surface area contributed by atoms with Gasteiger partial charge in [-0.15, -0.1) is 11.3 Å². The fourth-order valence-electron chi connectivity index (χ4n) is 4.61. The number of nitrogens with zero attached hydrogens (tertiary/aromatic N) is 1. The van der Waals surface area contributed by atoms with Crippen molar-refractivity contribution in [3.05, 3.63) is 57.8 Å². The van der Waals surface area contributed by atoms with Crippen molar-refractivity contribution >= 4 is 23.2 Å². The highest BCUT2D eigenvalue weighted by Gasteiger charge is 2.47. The molecule has 0 saturated heterocycles. The van der Waals surface area contributed by atoms with Gasteiger partial charge in [0, 0.05) is 22.5 Å². The van der Waals surface area contributed by atoms with Crippen LogP contribution in [0.15, 0.2) is 41.8 Å². The summed E-state index contributed by atoms with van der Waals surface area (Å²) in [6.07, 6.45) is 5.23. The molecule has 5 heteroatoms. The van der Waals surface area contributed by atoms with Gasteiger partial charge in [-0.25, -0.2) is 0 Å². The molecule has 148 valence electrons.